The molecule has 0 aliphatic heterocycles. The number of carboxylic acid groups (broad SMARTS) is 1. The summed E-state index contributed by atoms with van der Waals surface area (Å²) >= 11 is 0. The summed E-state index contributed by atoms with van der Waals surface area (Å²) in [6, 6.07) is 0. The number of rotatable bonds is 1. The predicted octanol–water partition coefficient (Wildman–Crippen LogP) is -2.71. The number of hydrogen-bond acceptors (Lipinski definition) is 3. The molecule has 0 unspecified atom stereocenters. The summed E-state index contributed by atoms with van der Waals surface area (Å²) in [7, 11) is 0. The van der Waals surface area contributed by atoms with Crippen LogP contribution in [0.15, 0.2) is 18.6 Å². The molecule has 0 radical (unpaired) electrons. The molecule has 0 atom stereocenters. The van der Waals surface area contributed by atoms with Crippen molar-refractivity contribution in [3.05, 3.63) is 24.3 Å². The van der Waals surface area contributed by atoms with Gasteiger partial charge in [-0.15, -0.1) is 0 Å². The van der Waals surface area contributed by atoms with E-state index in [9.17, 15) is 4.79 Å². The molecule has 48 valence electrons. The summed E-state index contributed by atoms with van der Waals surface area (Å²) in [5, 5.41) is 8.28. The molecule has 0 spiro atoms. The maximum atomic E-state index is 10.1. The Balaban J connectivity index is 0. The van der Waals surface area contributed by atoms with Gasteiger partial charge in [0.15, 0.2) is 5.69 Å². The van der Waals surface area contributed by atoms with Gasteiger partial charge in [0.25, 0.3) is 0 Å². The zero-order chi connectivity index (χ0) is 6.69. The van der Waals surface area contributed by atoms with Gasteiger partial charge in [-0.25, -0.2) is 9.78 Å². The van der Waals surface area contributed by atoms with E-state index in [0.29, 0.717) is 0 Å². The van der Waals surface area contributed by atoms with Crippen molar-refractivity contribution in [3.63, 3.8) is 0 Å². The minimum Gasteiger partial charge on any atom is -1.00 e. The second kappa shape index (κ2) is 4.38. The Morgan fingerprint density at radius 1 is 1.60 bits per heavy atom. The molecule has 0 aromatic carbocycles. The van der Waals surface area contributed by atoms with E-state index < -0.39 is 5.97 Å². The zero-order valence-electron chi connectivity index (χ0n) is 6.48. The van der Waals surface area contributed by atoms with Gasteiger partial charge in [-0.1, -0.05) is 0 Å². The third-order valence-electron chi connectivity index (χ3n) is 0.782. The maximum Gasteiger partial charge on any atom is 1.00 e. The van der Waals surface area contributed by atoms with E-state index >= 15 is 0 Å². The quantitative estimate of drug-likeness (QED) is 0.440. The van der Waals surface area contributed by atoms with Crippen LogP contribution in [0.4, 0.5) is 0 Å². The van der Waals surface area contributed by atoms with E-state index in [2.05, 4.69) is 9.97 Å². The van der Waals surface area contributed by atoms with Crippen molar-refractivity contribution >= 4 is 5.97 Å². The summed E-state index contributed by atoms with van der Waals surface area (Å²) in [6.07, 6.45) is 3.96. The molecule has 0 bridgehead atoms. The molecular formula is C5H5N2NaO2. The molecule has 1 rings (SSSR count). The Hall–Kier alpha value is -0.450. The van der Waals surface area contributed by atoms with Gasteiger partial charge in [0.1, 0.15) is 0 Å². The smallest absolute Gasteiger partial charge is 1.00 e. The van der Waals surface area contributed by atoms with Gasteiger partial charge in [-0.3, -0.25) is 4.98 Å². The Morgan fingerprint density at radius 2 is 2.30 bits per heavy atom. The van der Waals surface area contributed by atoms with Gasteiger partial charge in [0.2, 0.25) is 0 Å². The first-order chi connectivity index (χ1) is 4.30. The van der Waals surface area contributed by atoms with Gasteiger partial charge in [-0.2, -0.15) is 0 Å². The van der Waals surface area contributed by atoms with Crippen molar-refractivity contribution in [2.24, 2.45) is 0 Å². The summed E-state index contributed by atoms with van der Waals surface area (Å²) in [5.41, 5.74) is -0.0301. The number of carbonyl (C=O) groups is 1. The SMILES string of the molecule is O=C(O)c1cnccn1.[H-].[Na+]. The summed E-state index contributed by atoms with van der Waals surface area (Å²) < 4.78 is 0. The van der Waals surface area contributed by atoms with Crippen molar-refractivity contribution in [2.45, 2.75) is 0 Å². The van der Waals surface area contributed by atoms with Crippen molar-refractivity contribution < 1.29 is 40.9 Å². The summed E-state index contributed by atoms with van der Waals surface area (Å²) in [4.78, 5) is 17.2. The average molecular weight is 148 g/mol. The van der Waals surface area contributed by atoms with Gasteiger partial charge in [0.05, 0.1) is 6.20 Å². The van der Waals surface area contributed by atoms with Crippen LogP contribution < -0.4 is 29.6 Å². The Kier molecular flexibility index (Phi) is 4.18. The Bertz CT molecular complexity index is 219. The molecule has 0 saturated carbocycles. The molecule has 0 aliphatic rings. The molecule has 1 N–H and O–H groups in total. The molecule has 5 heteroatoms. The van der Waals surface area contributed by atoms with Crippen molar-refractivity contribution in [1.82, 2.24) is 9.97 Å². The third kappa shape index (κ3) is 2.43. The van der Waals surface area contributed by atoms with E-state index in [1.54, 1.807) is 0 Å². The van der Waals surface area contributed by atoms with Crippen LogP contribution in [0.25, 0.3) is 0 Å². The van der Waals surface area contributed by atoms with Crippen molar-refractivity contribution in [3.8, 4) is 0 Å². The Labute approximate surface area is 81.1 Å². The minimum atomic E-state index is -1.05. The molecule has 1 aromatic rings. The first kappa shape index (κ1) is 9.55. The van der Waals surface area contributed by atoms with Crippen LogP contribution in [0.5, 0.6) is 0 Å². The minimum absolute atomic E-state index is 0. The van der Waals surface area contributed by atoms with Crippen LogP contribution in [0.3, 0.4) is 0 Å². The molecule has 1 aromatic heterocycles. The first-order valence-corrected chi connectivity index (χ1v) is 2.30. The zero-order valence-corrected chi connectivity index (χ0v) is 7.48. The molecule has 10 heavy (non-hydrogen) atoms. The van der Waals surface area contributed by atoms with Crippen molar-refractivity contribution in [2.75, 3.05) is 0 Å². The predicted molar refractivity (Wildman–Crippen MR) is 30.1 cm³/mol. The fourth-order valence-corrected chi connectivity index (χ4v) is 0.410. The van der Waals surface area contributed by atoms with Crippen LogP contribution in [0.2, 0.25) is 0 Å². The molecule has 4 nitrogen and oxygen atoms in total. The van der Waals surface area contributed by atoms with E-state index in [0.717, 1.165) is 0 Å². The van der Waals surface area contributed by atoms with Crippen LogP contribution in [-0.2, 0) is 0 Å². The van der Waals surface area contributed by atoms with E-state index in [1.807, 2.05) is 0 Å². The molecule has 0 saturated heterocycles. The van der Waals surface area contributed by atoms with Crippen LogP contribution >= 0.6 is 0 Å². The van der Waals surface area contributed by atoms with Crippen LogP contribution in [0, 0.1) is 0 Å². The summed E-state index contributed by atoms with van der Waals surface area (Å²) in [6.45, 7) is 0. The fraction of sp³-hybridized carbons (Fsp3) is 0. The number of aromatic nitrogens is 2. The number of hydrogen-bond donors (Lipinski definition) is 1. The maximum absolute atomic E-state index is 10.1. The van der Waals surface area contributed by atoms with Crippen LogP contribution in [0.1, 0.15) is 11.9 Å². The van der Waals surface area contributed by atoms with Crippen molar-refractivity contribution in [1.29, 1.82) is 0 Å². The molecule has 1 heterocycles. The molecule has 0 aliphatic carbocycles. The van der Waals surface area contributed by atoms with Gasteiger partial charge in [0, 0.05) is 12.4 Å². The van der Waals surface area contributed by atoms with Gasteiger partial charge >= 0.3 is 35.5 Å². The second-order valence-corrected chi connectivity index (χ2v) is 1.40. The number of carboxylic acids is 1. The largest absolute Gasteiger partial charge is 1.00 e. The van der Waals surface area contributed by atoms with E-state index in [-0.39, 0.29) is 36.7 Å². The van der Waals surface area contributed by atoms with Gasteiger partial charge in [-0.05, 0) is 0 Å². The van der Waals surface area contributed by atoms with E-state index in [1.165, 1.54) is 18.6 Å². The molecular weight excluding hydrogens is 143 g/mol. The normalized spacial score (nSPS) is 8.00. The number of nitrogens with zero attached hydrogens (tertiary/aromatic N) is 2. The van der Waals surface area contributed by atoms with Gasteiger partial charge < -0.3 is 6.53 Å². The second-order valence-electron chi connectivity index (χ2n) is 1.40. The monoisotopic (exact) mass is 148 g/mol. The Morgan fingerprint density at radius 3 is 2.60 bits per heavy atom. The number of aromatic carboxylic acids is 1. The molecule has 0 fully saturated rings. The first-order valence-electron chi connectivity index (χ1n) is 2.30. The third-order valence-corrected chi connectivity index (χ3v) is 0.782. The van der Waals surface area contributed by atoms with Crippen LogP contribution in [-0.4, -0.2) is 21.0 Å². The van der Waals surface area contributed by atoms with E-state index in [4.69, 9.17) is 5.11 Å². The topological polar surface area (TPSA) is 63.1 Å². The standard InChI is InChI=1S/C5H4N2O2.Na.H/c8-5(9)4-3-6-1-2-7-4;;/h1-3H,(H,8,9);;/q;+1;-1. The summed E-state index contributed by atoms with van der Waals surface area (Å²) in [5.74, 6) is -1.05. The fourth-order valence-electron chi connectivity index (χ4n) is 0.410. The average Bonchev–Trinajstić information content (AvgIpc) is 1.90. The molecule has 0 amide bonds.